The van der Waals surface area contributed by atoms with Crippen LogP contribution in [-0.4, -0.2) is 41.2 Å². The van der Waals surface area contributed by atoms with Crippen LogP contribution in [0, 0.1) is 0 Å². The number of benzene rings is 1. The summed E-state index contributed by atoms with van der Waals surface area (Å²) in [5, 5.41) is 0.461. The van der Waals surface area contributed by atoms with Crippen LogP contribution in [0.2, 0.25) is 0 Å². The molecule has 0 heterocycles. The van der Waals surface area contributed by atoms with E-state index in [1.807, 2.05) is 30.3 Å². The highest BCUT2D eigenvalue weighted by molar-refractivity contribution is 8.13. The Bertz CT molecular complexity index is 496. The quantitative estimate of drug-likeness (QED) is 0.514. The molecule has 0 amide bonds. The molecule has 0 bridgehead atoms. The summed E-state index contributed by atoms with van der Waals surface area (Å²) in [5.74, 6) is 0. The highest BCUT2D eigenvalue weighted by Gasteiger charge is 2.31. The van der Waals surface area contributed by atoms with Crippen molar-refractivity contribution in [3.63, 3.8) is 0 Å². The molecule has 0 aliphatic carbocycles. The molecular formula is C13H21N2O3PS. The second-order valence-corrected chi connectivity index (χ2v) is 6.90. The molecule has 0 fully saturated rings. The second kappa shape index (κ2) is 7.84. The summed E-state index contributed by atoms with van der Waals surface area (Å²) in [5.41, 5.74) is 1.07. The monoisotopic (exact) mass is 316 g/mol. The van der Waals surface area contributed by atoms with E-state index in [0.29, 0.717) is 11.6 Å². The van der Waals surface area contributed by atoms with Crippen LogP contribution in [0.5, 0.6) is 0 Å². The Hall–Kier alpha value is -0.810. The smallest absolute Gasteiger partial charge is 0.308 e. The maximum Gasteiger partial charge on any atom is 0.434 e. The maximum absolute atomic E-state index is 12.2. The molecule has 1 N–H and O–H groups in total. The summed E-state index contributed by atoms with van der Waals surface area (Å²) in [7, 11) is -0.796. The summed E-state index contributed by atoms with van der Waals surface area (Å²) in [6.07, 6.45) is 2.01. The molecule has 1 aromatic rings. The Labute approximate surface area is 124 Å². The molecule has 5 nitrogen and oxygen atoms in total. The number of thioether (sulfide) groups is 1. The fourth-order valence-electron chi connectivity index (χ4n) is 1.76. The molecule has 0 saturated carbocycles. The lowest BCUT2D eigenvalue weighted by Crippen LogP contribution is -2.24. The minimum atomic E-state index is -3.88. The van der Waals surface area contributed by atoms with Crippen molar-refractivity contribution >= 4 is 24.7 Å². The normalized spacial score (nSPS) is 16.6. The lowest BCUT2D eigenvalue weighted by molar-refractivity contribution is 0.170. The first kappa shape index (κ1) is 17.2. The molecule has 2 unspecified atom stereocenters. The van der Waals surface area contributed by atoms with Crippen LogP contribution in [0.25, 0.3) is 0 Å². The average molecular weight is 316 g/mol. The van der Waals surface area contributed by atoms with Crippen molar-refractivity contribution in [2.24, 2.45) is 4.99 Å². The van der Waals surface area contributed by atoms with E-state index in [2.05, 4.69) is 4.99 Å². The zero-order valence-electron chi connectivity index (χ0n) is 12.2. The first-order chi connectivity index (χ1) is 9.40. The van der Waals surface area contributed by atoms with Crippen molar-refractivity contribution in [3.05, 3.63) is 35.9 Å². The minimum Gasteiger partial charge on any atom is -0.308 e. The van der Waals surface area contributed by atoms with E-state index in [1.54, 1.807) is 20.2 Å². The van der Waals surface area contributed by atoms with Gasteiger partial charge in [0.1, 0.15) is 0 Å². The van der Waals surface area contributed by atoms with Crippen molar-refractivity contribution in [1.29, 1.82) is 0 Å². The van der Waals surface area contributed by atoms with E-state index < -0.39 is 7.75 Å². The Kier molecular flexibility index (Phi) is 6.76. The van der Waals surface area contributed by atoms with Crippen LogP contribution >= 0.6 is 19.5 Å². The molecule has 0 radical (unpaired) electrons. The zero-order valence-corrected chi connectivity index (χ0v) is 13.9. The average Bonchev–Trinajstić information content (AvgIpc) is 2.40. The van der Waals surface area contributed by atoms with Gasteiger partial charge in [0.15, 0.2) is 5.17 Å². The van der Waals surface area contributed by atoms with Gasteiger partial charge in [0.05, 0.1) is 6.10 Å². The van der Waals surface area contributed by atoms with Crippen LogP contribution < -0.4 is 0 Å². The van der Waals surface area contributed by atoms with E-state index in [9.17, 15) is 9.46 Å². The van der Waals surface area contributed by atoms with Gasteiger partial charge in [-0.15, -0.1) is 0 Å². The van der Waals surface area contributed by atoms with Gasteiger partial charge in [-0.1, -0.05) is 42.1 Å². The predicted molar refractivity (Wildman–Crippen MR) is 85.2 cm³/mol. The summed E-state index contributed by atoms with van der Waals surface area (Å²) >= 11 is 1.30. The number of nitrogens with zero attached hydrogens (tertiary/aromatic N) is 2. The van der Waals surface area contributed by atoms with Crippen LogP contribution in [-0.2, 0) is 15.5 Å². The van der Waals surface area contributed by atoms with Crippen molar-refractivity contribution in [2.75, 3.05) is 20.4 Å². The Morgan fingerprint density at radius 3 is 2.60 bits per heavy atom. The van der Waals surface area contributed by atoms with Gasteiger partial charge in [0.2, 0.25) is 0 Å². The molecule has 112 valence electrons. The molecule has 0 saturated heterocycles. The van der Waals surface area contributed by atoms with Gasteiger partial charge >= 0.3 is 7.75 Å². The highest BCUT2D eigenvalue weighted by atomic mass is 32.2. The fraction of sp³-hybridized carbons (Fsp3) is 0.462. The summed E-state index contributed by atoms with van der Waals surface area (Å²) < 4.78 is 18.8. The van der Waals surface area contributed by atoms with Gasteiger partial charge in [0, 0.05) is 14.1 Å². The highest BCUT2D eigenvalue weighted by Crippen LogP contribution is 2.47. The Morgan fingerprint density at radius 2 is 2.10 bits per heavy atom. The zero-order chi connectivity index (χ0) is 15.2. The first-order valence-corrected chi connectivity index (χ1v) is 8.96. The third-order valence-corrected chi connectivity index (χ3v) is 5.25. The van der Waals surface area contributed by atoms with Crippen LogP contribution in [0.4, 0.5) is 0 Å². The second-order valence-electron chi connectivity index (χ2n) is 4.33. The van der Waals surface area contributed by atoms with Gasteiger partial charge in [0.25, 0.3) is 0 Å². The van der Waals surface area contributed by atoms with Crippen molar-refractivity contribution < 1.29 is 14.0 Å². The third-order valence-electron chi connectivity index (χ3n) is 2.71. The van der Waals surface area contributed by atoms with Crippen LogP contribution in [0.15, 0.2) is 35.3 Å². The maximum atomic E-state index is 12.2. The van der Waals surface area contributed by atoms with Gasteiger partial charge in [-0.25, -0.2) is 4.57 Å². The number of aliphatic imine (C=N–C) groups is 1. The summed E-state index contributed by atoms with van der Waals surface area (Å²) in [4.78, 5) is 14.0. The molecule has 1 aromatic carbocycles. The van der Waals surface area contributed by atoms with Crippen molar-refractivity contribution in [2.45, 2.75) is 19.4 Å². The van der Waals surface area contributed by atoms with Crippen LogP contribution in [0.1, 0.15) is 12.5 Å². The Morgan fingerprint density at radius 1 is 1.50 bits per heavy atom. The lowest BCUT2D eigenvalue weighted by Gasteiger charge is -2.26. The molecule has 0 aromatic heterocycles. The number of rotatable bonds is 5. The topological polar surface area (TPSA) is 62.1 Å². The van der Waals surface area contributed by atoms with E-state index in [0.717, 1.165) is 5.56 Å². The number of hydrogen-bond donors (Lipinski definition) is 1. The van der Waals surface area contributed by atoms with Gasteiger partial charge < -0.3 is 4.89 Å². The molecule has 0 spiro atoms. The van der Waals surface area contributed by atoms with E-state index in [1.165, 1.54) is 23.5 Å². The van der Waals surface area contributed by atoms with Crippen molar-refractivity contribution in [3.8, 4) is 0 Å². The van der Waals surface area contributed by atoms with Gasteiger partial charge in [-0.05, 0) is 25.2 Å². The SMILES string of the molecule is CN=C(SC)N(C)P(=O)(O)OC(C)Cc1ccccc1. The number of amidine groups is 1. The molecule has 0 aliphatic heterocycles. The van der Waals surface area contributed by atoms with Gasteiger partial charge in [-0.3, -0.25) is 14.2 Å². The molecular weight excluding hydrogens is 295 g/mol. The predicted octanol–water partition coefficient (Wildman–Crippen LogP) is 3.02. The summed E-state index contributed by atoms with van der Waals surface area (Å²) in [6, 6.07) is 9.73. The summed E-state index contributed by atoms with van der Waals surface area (Å²) in [6.45, 7) is 1.78. The molecule has 0 aliphatic rings. The van der Waals surface area contributed by atoms with Gasteiger partial charge in [-0.2, -0.15) is 0 Å². The molecule has 20 heavy (non-hydrogen) atoms. The minimum absolute atomic E-state index is 0.365. The molecule has 1 rings (SSSR count). The van der Waals surface area contributed by atoms with E-state index >= 15 is 0 Å². The lowest BCUT2D eigenvalue weighted by atomic mass is 10.1. The van der Waals surface area contributed by atoms with Crippen LogP contribution in [0.3, 0.4) is 0 Å². The third kappa shape index (κ3) is 4.94. The standard InChI is InChI=1S/C13H21N2O3PS/c1-11(10-12-8-6-5-7-9-12)18-19(16,17)15(3)13(14-2)20-4/h5-9,11H,10H2,1-4H3,(H,16,17). The largest absolute Gasteiger partial charge is 0.434 e. The Balaban J connectivity index is 2.68. The first-order valence-electron chi connectivity index (χ1n) is 6.20. The van der Waals surface area contributed by atoms with E-state index in [4.69, 9.17) is 4.52 Å². The number of hydrogen-bond acceptors (Lipinski definition) is 4. The molecule has 7 heteroatoms. The van der Waals surface area contributed by atoms with Crippen molar-refractivity contribution in [1.82, 2.24) is 4.67 Å². The molecule has 2 atom stereocenters. The fourth-order valence-corrected chi connectivity index (χ4v) is 3.76. The van der Waals surface area contributed by atoms with E-state index in [-0.39, 0.29) is 6.10 Å².